The van der Waals surface area contributed by atoms with Gasteiger partial charge in [-0.3, -0.25) is 19.1 Å². The second-order valence-corrected chi connectivity index (χ2v) is 8.89. The Balaban J connectivity index is 1.48. The molecule has 2 bridgehead atoms. The first kappa shape index (κ1) is 20.2. The van der Waals surface area contributed by atoms with Crippen molar-refractivity contribution in [1.29, 1.82) is 0 Å². The standard InChI is InChI=1S/C23H28N4O4/c1-31-22-15(4-3-8-24-22)11-25-12-16-10-17(13-25)21(23(30)26-9-7-18(28)14-26)27-19(16)5-2-6-20(27)29/h2-6,8,16-18,21,28H,7,9-14H2,1H3/t16-,17+,18+,21-/m1/s1. The lowest BCUT2D eigenvalue weighted by Gasteiger charge is -2.47. The third-order valence-electron chi connectivity index (χ3n) is 6.89. The van der Waals surface area contributed by atoms with E-state index in [9.17, 15) is 14.7 Å². The highest BCUT2D eigenvalue weighted by Crippen LogP contribution is 2.42. The average Bonchev–Trinajstić information content (AvgIpc) is 3.21. The Hall–Kier alpha value is -2.71. The number of carbonyl (C=O) groups is 1. The number of hydrogen-bond donors (Lipinski definition) is 1. The van der Waals surface area contributed by atoms with Gasteiger partial charge in [0, 0.05) is 68.1 Å². The van der Waals surface area contributed by atoms with Crippen LogP contribution >= 0.6 is 0 Å². The molecule has 3 aliphatic heterocycles. The summed E-state index contributed by atoms with van der Waals surface area (Å²) >= 11 is 0. The van der Waals surface area contributed by atoms with Gasteiger partial charge < -0.3 is 14.7 Å². The van der Waals surface area contributed by atoms with E-state index in [2.05, 4.69) is 9.88 Å². The van der Waals surface area contributed by atoms with Gasteiger partial charge in [-0.2, -0.15) is 0 Å². The van der Waals surface area contributed by atoms with E-state index in [1.54, 1.807) is 34.9 Å². The minimum atomic E-state index is -0.524. The maximum atomic E-state index is 13.5. The number of ether oxygens (including phenoxy) is 1. The number of piperidine rings is 1. The Morgan fingerprint density at radius 3 is 2.87 bits per heavy atom. The van der Waals surface area contributed by atoms with Crippen LogP contribution in [0.3, 0.4) is 0 Å². The molecule has 1 N–H and O–H groups in total. The minimum absolute atomic E-state index is 0.0410. The topological polar surface area (TPSA) is 87.9 Å². The maximum absolute atomic E-state index is 13.5. The number of aliphatic hydroxyl groups excluding tert-OH is 1. The molecule has 3 aliphatic rings. The maximum Gasteiger partial charge on any atom is 0.251 e. The van der Waals surface area contributed by atoms with E-state index in [1.165, 1.54) is 0 Å². The normalized spacial score (nSPS) is 27.7. The fraction of sp³-hybridized carbons (Fsp3) is 0.522. The van der Waals surface area contributed by atoms with Crippen LogP contribution in [0.15, 0.2) is 41.3 Å². The van der Waals surface area contributed by atoms with Crippen LogP contribution in [0.2, 0.25) is 0 Å². The number of β-amino-alcohol motifs (C(OH)–C–C–N with tert-alkyl or cyclic N) is 1. The molecule has 8 heteroatoms. The predicted octanol–water partition coefficient (Wildman–Crippen LogP) is 1.01. The Labute approximate surface area is 181 Å². The van der Waals surface area contributed by atoms with Crippen LogP contribution in [-0.4, -0.2) is 69.8 Å². The number of nitrogens with zero attached hydrogens (tertiary/aromatic N) is 4. The molecular weight excluding hydrogens is 396 g/mol. The van der Waals surface area contributed by atoms with Crippen molar-refractivity contribution in [2.75, 3.05) is 33.3 Å². The van der Waals surface area contributed by atoms with Crippen molar-refractivity contribution in [3.8, 4) is 5.88 Å². The summed E-state index contributed by atoms with van der Waals surface area (Å²) in [7, 11) is 1.62. The van der Waals surface area contributed by atoms with Crippen molar-refractivity contribution < 1.29 is 14.6 Å². The summed E-state index contributed by atoms with van der Waals surface area (Å²) in [6.07, 6.45) is 2.72. The first-order valence-electron chi connectivity index (χ1n) is 10.9. The number of amides is 1. The van der Waals surface area contributed by atoms with Crippen LogP contribution in [0.1, 0.15) is 36.1 Å². The average molecular weight is 425 g/mol. The molecule has 164 valence electrons. The van der Waals surface area contributed by atoms with Crippen LogP contribution in [0.5, 0.6) is 5.88 Å². The Morgan fingerprint density at radius 1 is 1.23 bits per heavy atom. The van der Waals surface area contributed by atoms with Gasteiger partial charge in [-0.1, -0.05) is 12.1 Å². The first-order chi connectivity index (χ1) is 15.0. The monoisotopic (exact) mass is 424 g/mol. The number of aliphatic hydroxyl groups is 1. The van der Waals surface area contributed by atoms with E-state index in [4.69, 9.17) is 4.74 Å². The van der Waals surface area contributed by atoms with Gasteiger partial charge in [0.15, 0.2) is 0 Å². The molecule has 1 amide bonds. The number of fused-ring (bicyclic) bond motifs is 4. The van der Waals surface area contributed by atoms with Crippen LogP contribution in [0, 0.1) is 5.92 Å². The number of rotatable bonds is 4. The van der Waals surface area contributed by atoms with Crippen LogP contribution in [-0.2, 0) is 11.3 Å². The zero-order valence-electron chi connectivity index (χ0n) is 17.7. The molecule has 0 radical (unpaired) electrons. The number of likely N-dealkylation sites (tertiary alicyclic amines) is 2. The number of aromatic nitrogens is 2. The summed E-state index contributed by atoms with van der Waals surface area (Å²) in [5.41, 5.74) is 1.83. The number of pyridine rings is 2. The molecule has 4 atom stereocenters. The van der Waals surface area contributed by atoms with E-state index in [0.29, 0.717) is 31.9 Å². The van der Waals surface area contributed by atoms with Gasteiger partial charge >= 0.3 is 0 Å². The smallest absolute Gasteiger partial charge is 0.251 e. The SMILES string of the molecule is COc1ncccc1CN1C[C@H]2C[C@@H](C1)[C@H](C(=O)N1CC[C@H](O)C1)n1c2cccc1=O. The van der Waals surface area contributed by atoms with Gasteiger partial charge in [0.1, 0.15) is 6.04 Å². The molecule has 2 fully saturated rings. The summed E-state index contributed by atoms with van der Waals surface area (Å²) in [5, 5.41) is 9.94. The molecule has 5 heterocycles. The van der Waals surface area contributed by atoms with Gasteiger partial charge in [-0.15, -0.1) is 0 Å². The molecular formula is C23H28N4O4. The van der Waals surface area contributed by atoms with E-state index in [0.717, 1.165) is 30.8 Å². The first-order valence-corrected chi connectivity index (χ1v) is 10.9. The van der Waals surface area contributed by atoms with Gasteiger partial charge in [-0.25, -0.2) is 4.98 Å². The van der Waals surface area contributed by atoms with Crippen molar-refractivity contribution in [1.82, 2.24) is 19.4 Å². The summed E-state index contributed by atoms with van der Waals surface area (Å²) in [4.78, 5) is 34.8. The van der Waals surface area contributed by atoms with Crippen molar-refractivity contribution in [2.24, 2.45) is 5.92 Å². The van der Waals surface area contributed by atoms with E-state index < -0.39 is 12.1 Å². The quantitative estimate of drug-likeness (QED) is 0.788. The lowest BCUT2D eigenvalue weighted by molar-refractivity contribution is -0.137. The third kappa shape index (κ3) is 3.64. The predicted molar refractivity (Wildman–Crippen MR) is 114 cm³/mol. The van der Waals surface area contributed by atoms with Gasteiger partial charge in [-0.05, 0) is 25.0 Å². The summed E-state index contributed by atoms with van der Waals surface area (Å²) in [6, 6.07) is 8.71. The molecule has 2 saturated heterocycles. The van der Waals surface area contributed by atoms with Crippen molar-refractivity contribution >= 4 is 5.91 Å². The summed E-state index contributed by atoms with van der Waals surface area (Å²) < 4.78 is 7.15. The largest absolute Gasteiger partial charge is 0.481 e. The van der Waals surface area contributed by atoms with Crippen LogP contribution < -0.4 is 10.3 Å². The van der Waals surface area contributed by atoms with Crippen molar-refractivity contribution in [3.63, 3.8) is 0 Å². The molecule has 31 heavy (non-hydrogen) atoms. The van der Waals surface area contributed by atoms with Gasteiger partial charge in [0.05, 0.1) is 13.2 Å². The number of hydrogen-bond acceptors (Lipinski definition) is 6. The fourth-order valence-corrected chi connectivity index (χ4v) is 5.57. The molecule has 0 spiro atoms. The second kappa shape index (κ2) is 8.09. The molecule has 8 nitrogen and oxygen atoms in total. The lowest BCUT2D eigenvalue weighted by atomic mass is 9.78. The fourth-order valence-electron chi connectivity index (χ4n) is 5.57. The Kier molecular flexibility index (Phi) is 5.27. The van der Waals surface area contributed by atoms with E-state index in [-0.39, 0.29) is 23.3 Å². The van der Waals surface area contributed by atoms with E-state index in [1.807, 2.05) is 18.2 Å². The zero-order chi connectivity index (χ0) is 21.5. The van der Waals surface area contributed by atoms with Gasteiger partial charge in [0.2, 0.25) is 11.8 Å². The molecule has 0 saturated carbocycles. The molecule has 5 rings (SSSR count). The zero-order valence-corrected chi connectivity index (χ0v) is 17.7. The molecule has 0 unspecified atom stereocenters. The summed E-state index contributed by atoms with van der Waals surface area (Å²) in [5.74, 6) is 0.812. The second-order valence-electron chi connectivity index (χ2n) is 8.89. The molecule has 2 aromatic rings. The van der Waals surface area contributed by atoms with Crippen molar-refractivity contribution in [2.45, 2.75) is 37.5 Å². The Bertz CT molecular complexity index is 1040. The van der Waals surface area contributed by atoms with Crippen LogP contribution in [0.4, 0.5) is 0 Å². The number of methoxy groups -OCH3 is 1. The van der Waals surface area contributed by atoms with Gasteiger partial charge in [0.25, 0.3) is 5.56 Å². The highest BCUT2D eigenvalue weighted by atomic mass is 16.5. The molecule has 0 aromatic carbocycles. The Morgan fingerprint density at radius 2 is 2.10 bits per heavy atom. The summed E-state index contributed by atoms with van der Waals surface area (Å²) in [6.45, 7) is 3.12. The highest BCUT2D eigenvalue weighted by Gasteiger charge is 2.45. The number of carbonyl (C=O) groups excluding carboxylic acids is 1. The van der Waals surface area contributed by atoms with Crippen molar-refractivity contribution in [3.05, 3.63) is 58.1 Å². The highest BCUT2D eigenvalue weighted by molar-refractivity contribution is 5.81. The molecule has 2 aromatic heterocycles. The third-order valence-corrected chi connectivity index (χ3v) is 6.89. The molecule has 0 aliphatic carbocycles. The van der Waals surface area contributed by atoms with Crippen LogP contribution in [0.25, 0.3) is 0 Å². The van der Waals surface area contributed by atoms with E-state index >= 15 is 0 Å². The minimum Gasteiger partial charge on any atom is -0.481 e. The lowest BCUT2D eigenvalue weighted by Crippen LogP contribution is -2.53.